The van der Waals surface area contributed by atoms with Crippen molar-refractivity contribution in [2.45, 2.75) is 11.3 Å². The van der Waals surface area contributed by atoms with Crippen LogP contribution in [0.3, 0.4) is 0 Å². The van der Waals surface area contributed by atoms with Gasteiger partial charge in [0.05, 0.1) is 4.90 Å². The van der Waals surface area contributed by atoms with Crippen LogP contribution in [0.4, 0.5) is 5.69 Å². The average molecular weight is 323 g/mol. The Morgan fingerprint density at radius 3 is 2.76 bits per heavy atom. The van der Waals surface area contributed by atoms with Gasteiger partial charge in [-0.05, 0) is 40.5 Å². The normalized spacial score (nSPS) is 11.6. The lowest BCUT2D eigenvalue weighted by atomic mass is 10.3. The maximum Gasteiger partial charge on any atom is 0.241 e. The molecule has 0 aromatic heterocycles. The van der Waals surface area contributed by atoms with Crippen LogP contribution >= 0.6 is 15.9 Å². The summed E-state index contributed by atoms with van der Waals surface area (Å²) in [5.74, 6) is 0. The van der Waals surface area contributed by atoms with Gasteiger partial charge in [0.2, 0.25) is 10.0 Å². The van der Waals surface area contributed by atoms with Gasteiger partial charge in [-0.25, -0.2) is 13.1 Å². The van der Waals surface area contributed by atoms with Crippen molar-refractivity contribution < 1.29 is 13.2 Å². The molecule has 7 heteroatoms. The molecule has 0 spiro atoms. The van der Waals surface area contributed by atoms with Crippen molar-refractivity contribution in [2.75, 3.05) is 26.0 Å². The van der Waals surface area contributed by atoms with Gasteiger partial charge in [0, 0.05) is 30.4 Å². The SMILES string of the molecule is COCCCNS(=O)(=O)c1ccc(N)cc1Br. The van der Waals surface area contributed by atoms with Crippen LogP contribution in [0.1, 0.15) is 6.42 Å². The van der Waals surface area contributed by atoms with Crippen LogP contribution < -0.4 is 10.5 Å². The molecule has 0 fully saturated rings. The molecule has 5 nitrogen and oxygen atoms in total. The largest absolute Gasteiger partial charge is 0.399 e. The molecule has 1 aromatic carbocycles. The molecule has 1 rings (SSSR count). The second-order valence-corrected chi connectivity index (χ2v) is 6.02. The first-order valence-corrected chi connectivity index (χ1v) is 7.28. The van der Waals surface area contributed by atoms with Gasteiger partial charge in [-0.1, -0.05) is 0 Å². The number of rotatable bonds is 6. The second-order valence-electron chi connectivity index (χ2n) is 3.43. The molecule has 0 aliphatic carbocycles. The molecule has 0 aliphatic heterocycles. The van der Waals surface area contributed by atoms with Gasteiger partial charge in [0.15, 0.2) is 0 Å². The lowest BCUT2D eigenvalue weighted by Gasteiger charge is -2.08. The first-order valence-electron chi connectivity index (χ1n) is 5.01. The van der Waals surface area contributed by atoms with E-state index in [0.29, 0.717) is 29.7 Å². The first kappa shape index (κ1) is 14.4. The summed E-state index contributed by atoms with van der Waals surface area (Å²) < 4.78 is 31.6. The predicted molar refractivity (Wildman–Crippen MR) is 70.2 cm³/mol. The number of nitrogen functional groups attached to an aromatic ring is 1. The molecule has 0 saturated heterocycles. The zero-order valence-electron chi connectivity index (χ0n) is 9.44. The third-order valence-electron chi connectivity index (χ3n) is 2.06. The van der Waals surface area contributed by atoms with Gasteiger partial charge in [0.25, 0.3) is 0 Å². The van der Waals surface area contributed by atoms with E-state index in [2.05, 4.69) is 20.7 Å². The van der Waals surface area contributed by atoms with E-state index in [9.17, 15) is 8.42 Å². The van der Waals surface area contributed by atoms with Crippen LogP contribution in [-0.4, -0.2) is 28.7 Å². The highest BCUT2D eigenvalue weighted by molar-refractivity contribution is 9.10. The number of sulfonamides is 1. The molecule has 0 atom stereocenters. The van der Waals surface area contributed by atoms with E-state index in [1.165, 1.54) is 6.07 Å². The van der Waals surface area contributed by atoms with Crippen molar-refractivity contribution in [3.05, 3.63) is 22.7 Å². The minimum absolute atomic E-state index is 0.184. The number of nitrogens with two attached hydrogens (primary N) is 1. The van der Waals surface area contributed by atoms with E-state index in [0.717, 1.165) is 0 Å². The van der Waals surface area contributed by atoms with Gasteiger partial charge >= 0.3 is 0 Å². The summed E-state index contributed by atoms with van der Waals surface area (Å²) in [6.45, 7) is 0.860. The summed E-state index contributed by atoms with van der Waals surface area (Å²) in [7, 11) is -1.92. The summed E-state index contributed by atoms with van der Waals surface area (Å²) in [5, 5.41) is 0. The maximum atomic E-state index is 11.9. The Labute approximate surface area is 110 Å². The fraction of sp³-hybridized carbons (Fsp3) is 0.400. The van der Waals surface area contributed by atoms with Crippen molar-refractivity contribution in [3.63, 3.8) is 0 Å². The van der Waals surface area contributed by atoms with Crippen molar-refractivity contribution >= 4 is 31.6 Å². The monoisotopic (exact) mass is 322 g/mol. The second kappa shape index (κ2) is 6.34. The summed E-state index contributed by atoms with van der Waals surface area (Å²) >= 11 is 3.18. The first-order chi connectivity index (χ1) is 7.97. The Balaban J connectivity index is 2.76. The van der Waals surface area contributed by atoms with E-state index in [4.69, 9.17) is 10.5 Å². The third-order valence-corrected chi connectivity index (χ3v) is 4.50. The summed E-state index contributed by atoms with van der Waals surface area (Å²) in [6, 6.07) is 4.58. The van der Waals surface area contributed by atoms with Crippen LogP contribution in [0.15, 0.2) is 27.6 Å². The van der Waals surface area contributed by atoms with Gasteiger partial charge in [-0.15, -0.1) is 0 Å². The number of benzene rings is 1. The zero-order chi connectivity index (χ0) is 12.9. The van der Waals surface area contributed by atoms with Gasteiger partial charge < -0.3 is 10.5 Å². The number of nitrogens with one attached hydrogen (secondary N) is 1. The topological polar surface area (TPSA) is 81.4 Å². The summed E-state index contributed by atoms with van der Waals surface area (Å²) in [4.78, 5) is 0.184. The van der Waals surface area contributed by atoms with E-state index < -0.39 is 10.0 Å². The minimum Gasteiger partial charge on any atom is -0.399 e. The number of halogens is 1. The van der Waals surface area contributed by atoms with Crippen molar-refractivity contribution in [1.82, 2.24) is 4.72 Å². The lowest BCUT2D eigenvalue weighted by Crippen LogP contribution is -2.25. The van der Waals surface area contributed by atoms with Crippen LogP contribution in [-0.2, 0) is 14.8 Å². The quantitative estimate of drug-likeness (QED) is 0.611. The van der Waals surface area contributed by atoms with Crippen LogP contribution in [0.2, 0.25) is 0 Å². The Morgan fingerprint density at radius 2 is 2.18 bits per heavy atom. The minimum atomic E-state index is -3.50. The maximum absolute atomic E-state index is 11.9. The van der Waals surface area contributed by atoms with Crippen LogP contribution in [0, 0.1) is 0 Å². The third kappa shape index (κ3) is 4.27. The molecule has 0 saturated carbocycles. The fourth-order valence-electron chi connectivity index (χ4n) is 1.24. The summed E-state index contributed by atoms with van der Waals surface area (Å²) in [5.41, 5.74) is 6.06. The number of anilines is 1. The molecular weight excluding hydrogens is 308 g/mol. The molecule has 0 radical (unpaired) electrons. The molecule has 0 heterocycles. The molecule has 0 aliphatic rings. The molecule has 17 heavy (non-hydrogen) atoms. The van der Waals surface area contributed by atoms with E-state index in [-0.39, 0.29) is 4.90 Å². The highest BCUT2D eigenvalue weighted by Crippen LogP contribution is 2.23. The van der Waals surface area contributed by atoms with Crippen molar-refractivity contribution in [2.24, 2.45) is 0 Å². The van der Waals surface area contributed by atoms with Crippen molar-refractivity contribution in [3.8, 4) is 0 Å². The zero-order valence-corrected chi connectivity index (χ0v) is 11.8. The van der Waals surface area contributed by atoms with E-state index >= 15 is 0 Å². The van der Waals surface area contributed by atoms with Crippen molar-refractivity contribution in [1.29, 1.82) is 0 Å². The smallest absolute Gasteiger partial charge is 0.241 e. The van der Waals surface area contributed by atoms with Crippen LogP contribution in [0.25, 0.3) is 0 Å². The molecular formula is C10H15BrN2O3S. The highest BCUT2D eigenvalue weighted by Gasteiger charge is 2.16. The molecule has 0 bridgehead atoms. The molecule has 0 unspecified atom stereocenters. The number of hydrogen-bond donors (Lipinski definition) is 2. The Morgan fingerprint density at radius 1 is 1.47 bits per heavy atom. The predicted octanol–water partition coefficient (Wildman–Crippen LogP) is 1.35. The average Bonchev–Trinajstić information content (AvgIpc) is 2.24. The molecule has 0 amide bonds. The van der Waals surface area contributed by atoms with Gasteiger partial charge in [0.1, 0.15) is 0 Å². The number of ether oxygens (including phenoxy) is 1. The van der Waals surface area contributed by atoms with Gasteiger partial charge in [-0.3, -0.25) is 0 Å². The van der Waals surface area contributed by atoms with E-state index in [1.54, 1.807) is 19.2 Å². The van der Waals surface area contributed by atoms with E-state index in [1.807, 2.05) is 0 Å². The Hall–Kier alpha value is -0.630. The number of hydrogen-bond acceptors (Lipinski definition) is 4. The highest BCUT2D eigenvalue weighted by atomic mass is 79.9. The Bertz CT molecular complexity index is 476. The lowest BCUT2D eigenvalue weighted by molar-refractivity contribution is 0.196. The van der Waals surface area contributed by atoms with Gasteiger partial charge in [-0.2, -0.15) is 0 Å². The summed E-state index contributed by atoms with van der Waals surface area (Å²) in [6.07, 6.45) is 0.627. The molecule has 96 valence electrons. The Kier molecular flexibility index (Phi) is 5.38. The standard InChI is InChI=1S/C10H15BrN2O3S/c1-16-6-2-5-13-17(14,15)10-4-3-8(12)7-9(10)11/h3-4,7,13H,2,5-6,12H2,1H3. The van der Waals surface area contributed by atoms with Crippen LogP contribution in [0.5, 0.6) is 0 Å². The molecule has 3 N–H and O–H groups in total. The number of methoxy groups -OCH3 is 1. The fourth-order valence-corrected chi connectivity index (χ4v) is 3.40. The molecule has 1 aromatic rings.